The average Bonchev–Trinajstić information content (AvgIpc) is 2.64. The van der Waals surface area contributed by atoms with Gasteiger partial charge in [0, 0.05) is 0 Å². The van der Waals surface area contributed by atoms with Gasteiger partial charge < -0.3 is 19.5 Å². The van der Waals surface area contributed by atoms with E-state index in [-0.39, 0.29) is 11.9 Å². The third kappa shape index (κ3) is 5.39. The maximum atomic E-state index is 12.6. The summed E-state index contributed by atoms with van der Waals surface area (Å²) < 4.78 is 16.5. The lowest BCUT2D eigenvalue weighted by molar-refractivity contribution is -0.128. The van der Waals surface area contributed by atoms with Gasteiger partial charge in [-0.25, -0.2) is 0 Å². The van der Waals surface area contributed by atoms with Crippen molar-refractivity contribution in [3.63, 3.8) is 0 Å². The van der Waals surface area contributed by atoms with Crippen molar-refractivity contribution in [2.45, 2.75) is 46.3 Å². The van der Waals surface area contributed by atoms with Gasteiger partial charge in [0.2, 0.25) is 0 Å². The summed E-state index contributed by atoms with van der Waals surface area (Å²) in [6.07, 6.45) is 0.151. The van der Waals surface area contributed by atoms with Gasteiger partial charge in [-0.05, 0) is 68.1 Å². The summed E-state index contributed by atoms with van der Waals surface area (Å²) in [6, 6.07) is 11.5. The van der Waals surface area contributed by atoms with Gasteiger partial charge in [-0.2, -0.15) is 0 Å². The van der Waals surface area contributed by atoms with Crippen molar-refractivity contribution < 1.29 is 19.0 Å². The predicted molar refractivity (Wildman–Crippen MR) is 107 cm³/mol. The Labute approximate surface area is 161 Å². The van der Waals surface area contributed by atoms with E-state index in [4.69, 9.17) is 14.2 Å². The van der Waals surface area contributed by atoms with Crippen LogP contribution in [0.15, 0.2) is 36.4 Å². The Balaban J connectivity index is 2.09. The Bertz CT molecular complexity index is 768. The van der Waals surface area contributed by atoms with Crippen molar-refractivity contribution in [2.75, 3.05) is 14.2 Å². The molecule has 0 fully saturated rings. The van der Waals surface area contributed by atoms with Crippen LogP contribution in [0.2, 0.25) is 0 Å². The van der Waals surface area contributed by atoms with Crippen LogP contribution in [0.4, 0.5) is 0 Å². The number of amides is 1. The van der Waals surface area contributed by atoms with Crippen LogP contribution in [0.5, 0.6) is 17.2 Å². The Hall–Kier alpha value is -2.69. The Morgan fingerprint density at radius 3 is 2.19 bits per heavy atom. The second-order valence-electron chi connectivity index (χ2n) is 6.67. The van der Waals surface area contributed by atoms with Crippen molar-refractivity contribution >= 4 is 5.91 Å². The fourth-order valence-electron chi connectivity index (χ4n) is 3.04. The van der Waals surface area contributed by atoms with E-state index in [1.54, 1.807) is 21.1 Å². The van der Waals surface area contributed by atoms with Crippen molar-refractivity contribution in [3.05, 3.63) is 53.1 Å². The number of ether oxygens (including phenoxy) is 3. The highest BCUT2D eigenvalue weighted by Gasteiger charge is 2.20. The van der Waals surface area contributed by atoms with Crippen molar-refractivity contribution in [1.82, 2.24) is 5.32 Å². The predicted octanol–water partition coefficient (Wildman–Crippen LogP) is 4.36. The van der Waals surface area contributed by atoms with Gasteiger partial charge in [0.05, 0.1) is 20.3 Å². The smallest absolute Gasteiger partial charge is 0.261 e. The Morgan fingerprint density at radius 1 is 1.00 bits per heavy atom. The molecule has 1 amide bonds. The van der Waals surface area contributed by atoms with E-state index in [9.17, 15) is 4.79 Å². The summed E-state index contributed by atoms with van der Waals surface area (Å²) in [7, 11) is 3.20. The van der Waals surface area contributed by atoms with Crippen LogP contribution < -0.4 is 19.5 Å². The molecule has 0 heterocycles. The van der Waals surface area contributed by atoms with Crippen LogP contribution in [0.3, 0.4) is 0 Å². The first-order chi connectivity index (χ1) is 12.9. The lowest BCUT2D eigenvalue weighted by Gasteiger charge is -2.22. The third-order valence-corrected chi connectivity index (χ3v) is 4.41. The highest BCUT2D eigenvalue weighted by atomic mass is 16.5. The van der Waals surface area contributed by atoms with Crippen LogP contribution in [0.25, 0.3) is 0 Å². The topological polar surface area (TPSA) is 56.8 Å². The van der Waals surface area contributed by atoms with Crippen LogP contribution in [0.1, 0.15) is 43.0 Å². The molecule has 27 heavy (non-hydrogen) atoms. The summed E-state index contributed by atoms with van der Waals surface area (Å²) in [5, 5.41) is 3.06. The molecule has 0 aliphatic carbocycles. The summed E-state index contributed by atoms with van der Waals surface area (Å²) in [5.74, 6) is 1.85. The highest BCUT2D eigenvalue weighted by Crippen LogP contribution is 2.31. The number of aryl methyl sites for hydroxylation is 2. The molecule has 0 aromatic heterocycles. The molecule has 2 atom stereocenters. The van der Waals surface area contributed by atoms with Gasteiger partial charge in [-0.15, -0.1) is 0 Å². The molecule has 2 rings (SSSR count). The molecule has 0 radical (unpaired) electrons. The average molecular weight is 371 g/mol. The Kier molecular flexibility index (Phi) is 7.11. The maximum Gasteiger partial charge on any atom is 0.261 e. The summed E-state index contributed by atoms with van der Waals surface area (Å²) in [4.78, 5) is 12.6. The number of hydrogen-bond acceptors (Lipinski definition) is 4. The van der Waals surface area contributed by atoms with Crippen molar-refractivity contribution in [1.29, 1.82) is 0 Å². The molecule has 146 valence electrons. The van der Waals surface area contributed by atoms with Gasteiger partial charge >= 0.3 is 0 Å². The molecule has 2 aromatic carbocycles. The van der Waals surface area contributed by atoms with Crippen LogP contribution in [-0.2, 0) is 4.79 Å². The zero-order chi connectivity index (χ0) is 20.0. The van der Waals surface area contributed by atoms with E-state index >= 15 is 0 Å². The maximum absolute atomic E-state index is 12.6. The number of nitrogens with one attached hydrogen (secondary N) is 1. The number of methoxy groups -OCH3 is 2. The quantitative estimate of drug-likeness (QED) is 0.749. The lowest BCUT2D eigenvalue weighted by Crippen LogP contribution is -2.38. The van der Waals surface area contributed by atoms with Crippen LogP contribution >= 0.6 is 0 Å². The minimum absolute atomic E-state index is 0.136. The van der Waals surface area contributed by atoms with E-state index in [1.807, 2.05) is 51.1 Å². The van der Waals surface area contributed by atoms with Gasteiger partial charge in [-0.3, -0.25) is 4.79 Å². The zero-order valence-electron chi connectivity index (χ0n) is 17.0. The molecule has 0 spiro atoms. The van der Waals surface area contributed by atoms with E-state index in [0.717, 1.165) is 23.1 Å². The molecule has 5 heteroatoms. The number of carbonyl (C=O) groups excluding carboxylic acids is 1. The van der Waals surface area contributed by atoms with E-state index in [0.29, 0.717) is 17.2 Å². The molecule has 0 aliphatic rings. The standard InChI is InChI=1S/C22H29NO4/c1-7-19(17-8-9-20(25-5)21(13-17)26-6)23-22(24)16(4)27-18-11-14(2)10-15(3)12-18/h8-13,16,19H,7H2,1-6H3,(H,23,24)/t16-,19-/m0/s1. The van der Waals surface area contributed by atoms with E-state index in [1.165, 1.54) is 0 Å². The number of rotatable bonds is 8. The van der Waals surface area contributed by atoms with Gasteiger partial charge in [0.1, 0.15) is 5.75 Å². The minimum atomic E-state index is -0.597. The molecule has 1 N–H and O–H groups in total. The van der Waals surface area contributed by atoms with Crippen LogP contribution in [0, 0.1) is 13.8 Å². The molecule has 0 unspecified atom stereocenters. The molecular formula is C22H29NO4. The van der Waals surface area contributed by atoms with E-state index < -0.39 is 6.10 Å². The highest BCUT2D eigenvalue weighted by molar-refractivity contribution is 5.81. The zero-order valence-corrected chi connectivity index (χ0v) is 17.0. The monoisotopic (exact) mass is 371 g/mol. The van der Waals surface area contributed by atoms with Crippen molar-refractivity contribution in [2.24, 2.45) is 0 Å². The fraction of sp³-hybridized carbons (Fsp3) is 0.409. The number of benzene rings is 2. The third-order valence-electron chi connectivity index (χ3n) is 4.41. The molecule has 0 bridgehead atoms. The van der Waals surface area contributed by atoms with Crippen molar-refractivity contribution in [3.8, 4) is 17.2 Å². The van der Waals surface area contributed by atoms with Gasteiger partial charge in [0.25, 0.3) is 5.91 Å². The van der Waals surface area contributed by atoms with Gasteiger partial charge in [0.15, 0.2) is 17.6 Å². The van der Waals surface area contributed by atoms with Gasteiger partial charge in [-0.1, -0.05) is 19.1 Å². The lowest BCUT2D eigenvalue weighted by atomic mass is 10.0. The molecule has 5 nitrogen and oxygen atoms in total. The molecule has 2 aromatic rings. The molecule has 0 aliphatic heterocycles. The number of hydrogen-bond donors (Lipinski definition) is 1. The number of carbonyl (C=O) groups is 1. The fourth-order valence-corrected chi connectivity index (χ4v) is 3.04. The summed E-state index contributed by atoms with van der Waals surface area (Å²) in [6.45, 7) is 7.80. The summed E-state index contributed by atoms with van der Waals surface area (Å²) >= 11 is 0. The first-order valence-electron chi connectivity index (χ1n) is 9.15. The first kappa shape index (κ1) is 20.6. The normalized spacial score (nSPS) is 12.8. The second-order valence-corrected chi connectivity index (χ2v) is 6.67. The first-order valence-corrected chi connectivity index (χ1v) is 9.15. The summed E-state index contributed by atoms with van der Waals surface area (Å²) in [5.41, 5.74) is 3.17. The van der Waals surface area contributed by atoms with Crippen LogP contribution in [-0.4, -0.2) is 26.2 Å². The molecule has 0 saturated carbocycles. The SMILES string of the molecule is CC[C@H](NC(=O)[C@H](C)Oc1cc(C)cc(C)c1)c1ccc(OC)c(OC)c1. The Morgan fingerprint density at radius 2 is 1.63 bits per heavy atom. The molecular weight excluding hydrogens is 342 g/mol. The minimum Gasteiger partial charge on any atom is -0.493 e. The van der Waals surface area contributed by atoms with E-state index in [2.05, 4.69) is 11.4 Å². The largest absolute Gasteiger partial charge is 0.493 e. The molecule has 0 saturated heterocycles. The second kappa shape index (κ2) is 9.31.